The molecule has 0 spiro atoms. The second kappa shape index (κ2) is 6.33. The van der Waals surface area contributed by atoms with Crippen molar-refractivity contribution >= 4 is 16.9 Å². The van der Waals surface area contributed by atoms with Crippen molar-refractivity contribution in [2.24, 2.45) is 5.92 Å². The van der Waals surface area contributed by atoms with Crippen LogP contribution in [0.1, 0.15) is 36.8 Å². The number of likely N-dealkylation sites (tertiary alicyclic amines) is 1. The predicted molar refractivity (Wildman–Crippen MR) is 103 cm³/mol. The molecule has 140 valence electrons. The highest BCUT2D eigenvalue weighted by atomic mass is 16.2. The van der Waals surface area contributed by atoms with Gasteiger partial charge in [0.05, 0.1) is 17.8 Å². The van der Waals surface area contributed by atoms with Gasteiger partial charge in [-0.3, -0.25) is 9.59 Å². The van der Waals surface area contributed by atoms with Gasteiger partial charge in [-0.25, -0.2) is 9.67 Å². The Morgan fingerprint density at radius 3 is 2.78 bits per heavy atom. The van der Waals surface area contributed by atoms with Crippen LogP contribution in [-0.4, -0.2) is 43.6 Å². The van der Waals surface area contributed by atoms with E-state index < -0.39 is 0 Å². The first-order valence-electron chi connectivity index (χ1n) is 9.13. The van der Waals surface area contributed by atoms with Crippen molar-refractivity contribution in [3.05, 3.63) is 58.3 Å². The highest BCUT2D eigenvalue weighted by molar-refractivity contribution is 6.06. The van der Waals surface area contributed by atoms with E-state index in [1.54, 1.807) is 29.4 Å². The number of hydrogen-bond acceptors (Lipinski definition) is 4. The van der Waals surface area contributed by atoms with E-state index in [-0.39, 0.29) is 22.8 Å². The van der Waals surface area contributed by atoms with E-state index in [0.717, 1.165) is 11.1 Å². The zero-order valence-electron chi connectivity index (χ0n) is 15.8. The molecule has 0 aromatic carbocycles. The van der Waals surface area contributed by atoms with Crippen molar-refractivity contribution in [3.8, 4) is 0 Å². The first-order valence-corrected chi connectivity index (χ1v) is 9.13. The van der Waals surface area contributed by atoms with E-state index in [4.69, 9.17) is 0 Å². The van der Waals surface area contributed by atoms with E-state index in [2.05, 4.69) is 35.8 Å². The number of nitrogens with zero attached hydrogens (tertiary/aromatic N) is 4. The molecule has 1 aliphatic rings. The fourth-order valence-electron chi connectivity index (χ4n) is 3.38. The smallest absolute Gasteiger partial charge is 0.266 e. The van der Waals surface area contributed by atoms with Gasteiger partial charge in [-0.2, -0.15) is 5.10 Å². The molecule has 4 heterocycles. The summed E-state index contributed by atoms with van der Waals surface area (Å²) >= 11 is 0. The SMILES string of the molecule is CC(C)(C)c1ccc(=O)n(CC2CN(C(=O)c3c[nH]c4ncccc34)C2)n1. The number of fused-ring (bicyclic) bond motifs is 1. The molecule has 0 aliphatic carbocycles. The summed E-state index contributed by atoms with van der Waals surface area (Å²) in [7, 11) is 0. The fourth-order valence-corrected chi connectivity index (χ4v) is 3.38. The monoisotopic (exact) mass is 365 g/mol. The van der Waals surface area contributed by atoms with Gasteiger partial charge >= 0.3 is 0 Å². The summed E-state index contributed by atoms with van der Waals surface area (Å²) in [5.41, 5.74) is 2.03. The van der Waals surface area contributed by atoms with Gasteiger partial charge in [0.15, 0.2) is 0 Å². The third-order valence-corrected chi connectivity index (χ3v) is 4.99. The maximum Gasteiger partial charge on any atom is 0.266 e. The van der Waals surface area contributed by atoms with Crippen LogP contribution in [0, 0.1) is 5.92 Å². The van der Waals surface area contributed by atoms with Crippen molar-refractivity contribution in [1.29, 1.82) is 0 Å². The Balaban J connectivity index is 1.44. The van der Waals surface area contributed by atoms with Crippen LogP contribution in [0.5, 0.6) is 0 Å². The largest absolute Gasteiger partial charge is 0.345 e. The minimum absolute atomic E-state index is 0.00533. The number of carbonyl (C=O) groups is 1. The maximum absolute atomic E-state index is 12.7. The van der Waals surface area contributed by atoms with Crippen LogP contribution in [0.2, 0.25) is 0 Å². The van der Waals surface area contributed by atoms with E-state index in [1.807, 2.05) is 12.1 Å². The molecule has 0 atom stereocenters. The molecule has 0 radical (unpaired) electrons. The molecule has 0 unspecified atom stereocenters. The van der Waals surface area contributed by atoms with Gasteiger partial charge in [-0.1, -0.05) is 20.8 Å². The lowest BCUT2D eigenvalue weighted by Crippen LogP contribution is -2.52. The third kappa shape index (κ3) is 3.25. The number of hydrogen-bond donors (Lipinski definition) is 1. The lowest BCUT2D eigenvalue weighted by Gasteiger charge is -2.39. The normalized spacial score (nSPS) is 15.1. The molecule has 1 N–H and O–H groups in total. The van der Waals surface area contributed by atoms with Gasteiger partial charge in [-0.05, 0) is 18.2 Å². The summed E-state index contributed by atoms with van der Waals surface area (Å²) in [5, 5.41) is 5.35. The second-order valence-electron chi connectivity index (χ2n) is 8.17. The summed E-state index contributed by atoms with van der Waals surface area (Å²) in [6.45, 7) is 8.00. The molecule has 4 rings (SSSR count). The van der Waals surface area contributed by atoms with Crippen molar-refractivity contribution in [2.45, 2.75) is 32.7 Å². The van der Waals surface area contributed by atoms with E-state index in [1.165, 1.54) is 4.68 Å². The highest BCUT2D eigenvalue weighted by Crippen LogP contribution is 2.24. The summed E-state index contributed by atoms with van der Waals surface area (Å²) in [6, 6.07) is 7.09. The Kier molecular flexibility index (Phi) is 4.09. The molecule has 1 saturated heterocycles. The summed E-state index contributed by atoms with van der Waals surface area (Å²) < 4.78 is 1.53. The topological polar surface area (TPSA) is 83.9 Å². The number of carbonyl (C=O) groups excluding carboxylic acids is 1. The molecule has 7 nitrogen and oxygen atoms in total. The van der Waals surface area contributed by atoms with Crippen molar-refractivity contribution in [2.75, 3.05) is 13.1 Å². The Labute approximate surface area is 157 Å². The lowest BCUT2D eigenvalue weighted by molar-refractivity contribution is 0.0459. The zero-order valence-corrected chi connectivity index (χ0v) is 15.8. The molecule has 3 aromatic rings. The summed E-state index contributed by atoms with van der Waals surface area (Å²) in [5.74, 6) is 0.229. The molecule has 0 saturated carbocycles. The van der Waals surface area contributed by atoms with Gasteiger partial charge in [0.2, 0.25) is 0 Å². The van der Waals surface area contributed by atoms with Crippen molar-refractivity contribution in [3.63, 3.8) is 0 Å². The Morgan fingerprint density at radius 1 is 1.26 bits per heavy atom. The Hall–Kier alpha value is -2.96. The Morgan fingerprint density at radius 2 is 2.04 bits per heavy atom. The van der Waals surface area contributed by atoms with Crippen LogP contribution in [0.25, 0.3) is 11.0 Å². The third-order valence-electron chi connectivity index (χ3n) is 4.99. The zero-order chi connectivity index (χ0) is 19.2. The summed E-state index contributed by atoms with van der Waals surface area (Å²) in [4.78, 5) is 33.9. The van der Waals surface area contributed by atoms with Crippen LogP contribution in [0.15, 0.2) is 41.5 Å². The fraction of sp³-hybridized carbons (Fsp3) is 0.400. The van der Waals surface area contributed by atoms with E-state index >= 15 is 0 Å². The van der Waals surface area contributed by atoms with Gasteiger partial charge < -0.3 is 9.88 Å². The second-order valence-corrected chi connectivity index (χ2v) is 8.17. The number of pyridine rings is 1. The van der Waals surface area contributed by atoms with Crippen LogP contribution in [0.3, 0.4) is 0 Å². The minimum atomic E-state index is -0.111. The Bertz CT molecular complexity index is 1050. The van der Waals surface area contributed by atoms with Crippen LogP contribution in [0.4, 0.5) is 0 Å². The van der Waals surface area contributed by atoms with Gasteiger partial charge in [0.25, 0.3) is 11.5 Å². The molecule has 27 heavy (non-hydrogen) atoms. The molecular formula is C20H23N5O2. The quantitative estimate of drug-likeness (QED) is 0.771. The first kappa shape index (κ1) is 17.5. The lowest BCUT2D eigenvalue weighted by atomic mass is 9.92. The number of aromatic amines is 1. The number of aromatic nitrogens is 4. The molecule has 1 amide bonds. The average molecular weight is 365 g/mol. The van der Waals surface area contributed by atoms with Crippen molar-refractivity contribution in [1.82, 2.24) is 24.6 Å². The highest BCUT2D eigenvalue weighted by Gasteiger charge is 2.33. The van der Waals surface area contributed by atoms with Crippen LogP contribution >= 0.6 is 0 Å². The maximum atomic E-state index is 12.7. The van der Waals surface area contributed by atoms with Gasteiger partial charge in [-0.15, -0.1) is 0 Å². The average Bonchev–Trinajstić information content (AvgIpc) is 3.01. The molecule has 3 aromatic heterocycles. The van der Waals surface area contributed by atoms with Gasteiger partial charge in [0, 0.05) is 48.3 Å². The number of amides is 1. The van der Waals surface area contributed by atoms with Crippen LogP contribution < -0.4 is 5.56 Å². The first-order chi connectivity index (χ1) is 12.8. The molecular weight excluding hydrogens is 342 g/mol. The summed E-state index contributed by atoms with van der Waals surface area (Å²) in [6.07, 6.45) is 3.41. The van der Waals surface area contributed by atoms with E-state index in [9.17, 15) is 9.59 Å². The van der Waals surface area contributed by atoms with Crippen molar-refractivity contribution < 1.29 is 4.79 Å². The van der Waals surface area contributed by atoms with E-state index in [0.29, 0.717) is 30.8 Å². The molecule has 1 aliphatic heterocycles. The number of nitrogens with one attached hydrogen (secondary N) is 1. The molecule has 1 fully saturated rings. The minimum Gasteiger partial charge on any atom is -0.345 e. The number of rotatable bonds is 3. The molecule has 0 bridgehead atoms. The number of H-pyrrole nitrogens is 1. The molecule has 7 heteroatoms. The predicted octanol–water partition coefficient (Wildman–Crippen LogP) is 2.19. The van der Waals surface area contributed by atoms with Gasteiger partial charge in [0.1, 0.15) is 5.65 Å². The van der Waals surface area contributed by atoms with Crippen LogP contribution in [-0.2, 0) is 12.0 Å². The standard InChI is InChI=1S/C20H23N5O2/c1-20(2,3)16-6-7-17(26)25(23-16)12-13-10-24(11-13)19(27)15-9-22-18-14(15)5-4-8-21-18/h4-9,13H,10-12H2,1-3H3,(H,21,22).